The zero-order valence-corrected chi connectivity index (χ0v) is 17.6. The van der Waals surface area contributed by atoms with E-state index >= 15 is 0 Å². The molecule has 8 heteroatoms. The number of aromatic nitrogens is 7. The van der Waals surface area contributed by atoms with Crippen molar-refractivity contribution in [1.29, 1.82) is 0 Å². The number of hydrogen-bond acceptors (Lipinski definition) is 6. The SMILES string of the molecule is CCCn1nnnc1CSc1nnc(-c2ccc(C)cc2)n1-c1ccc(C)cc1. The van der Waals surface area contributed by atoms with Crippen LogP contribution in [0.2, 0.25) is 0 Å². The third kappa shape index (κ3) is 4.22. The van der Waals surface area contributed by atoms with Crippen molar-refractivity contribution < 1.29 is 0 Å². The number of tetrazole rings is 1. The molecular weight excluding hydrogens is 382 g/mol. The van der Waals surface area contributed by atoms with Crippen molar-refractivity contribution in [2.45, 2.75) is 44.6 Å². The molecule has 0 saturated heterocycles. The number of thioether (sulfide) groups is 1. The summed E-state index contributed by atoms with van der Waals surface area (Å²) in [5, 5.41) is 21.9. The maximum absolute atomic E-state index is 4.51. The van der Waals surface area contributed by atoms with Crippen LogP contribution in [-0.4, -0.2) is 35.0 Å². The third-order valence-corrected chi connectivity index (χ3v) is 5.53. The number of hydrogen-bond donors (Lipinski definition) is 0. The molecule has 0 N–H and O–H groups in total. The Morgan fingerprint density at radius 3 is 2.24 bits per heavy atom. The van der Waals surface area contributed by atoms with E-state index in [1.165, 1.54) is 11.1 Å². The van der Waals surface area contributed by atoms with Gasteiger partial charge in [0.2, 0.25) is 0 Å². The van der Waals surface area contributed by atoms with Gasteiger partial charge in [-0.25, -0.2) is 4.68 Å². The van der Waals surface area contributed by atoms with Crippen LogP contribution < -0.4 is 0 Å². The van der Waals surface area contributed by atoms with Crippen LogP contribution in [0.5, 0.6) is 0 Å². The molecule has 2 heterocycles. The molecular formula is C21H23N7S. The van der Waals surface area contributed by atoms with Crippen LogP contribution in [0.3, 0.4) is 0 Å². The average molecular weight is 406 g/mol. The summed E-state index contributed by atoms with van der Waals surface area (Å²) in [5.41, 5.74) is 4.50. The van der Waals surface area contributed by atoms with E-state index in [1.54, 1.807) is 11.8 Å². The summed E-state index contributed by atoms with van der Waals surface area (Å²) in [4.78, 5) is 0. The Morgan fingerprint density at radius 2 is 1.55 bits per heavy atom. The van der Waals surface area contributed by atoms with Gasteiger partial charge in [-0.1, -0.05) is 66.2 Å². The van der Waals surface area contributed by atoms with Crippen LogP contribution in [0.15, 0.2) is 53.7 Å². The lowest BCUT2D eigenvalue weighted by molar-refractivity contribution is 0.564. The minimum Gasteiger partial charge on any atom is -0.270 e. The maximum Gasteiger partial charge on any atom is 0.196 e. The Bertz CT molecular complexity index is 1080. The van der Waals surface area contributed by atoms with E-state index in [0.717, 1.165) is 41.0 Å². The molecule has 0 unspecified atom stereocenters. The van der Waals surface area contributed by atoms with Gasteiger partial charge in [-0.3, -0.25) is 4.57 Å². The fourth-order valence-electron chi connectivity index (χ4n) is 3.02. The zero-order chi connectivity index (χ0) is 20.2. The van der Waals surface area contributed by atoms with Gasteiger partial charge >= 0.3 is 0 Å². The van der Waals surface area contributed by atoms with Gasteiger partial charge in [-0.2, -0.15) is 0 Å². The molecule has 0 radical (unpaired) electrons. The minimum atomic E-state index is 0.630. The maximum atomic E-state index is 4.51. The highest BCUT2D eigenvalue weighted by atomic mass is 32.2. The summed E-state index contributed by atoms with van der Waals surface area (Å²) in [6, 6.07) is 16.8. The Kier molecular flexibility index (Phi) is 5.71. The molecule has 0 fully saturated rings. The average Bonchev–Trinajstić information content (AvgIpc) is 3.35. The predicted molar refractivity (Wildman–Crippen MR) is 114 cm³/mol. The van der Waals surface area contributed by atoms with Gasteiger partial charge in [0.05, 0.1) is 5.75 Å². The Morgan fingerprint density at radius 1 is 0.862 bits per heavy atom. The lowest BCUT2D eigenvalue weighted by Crippen LogP contribution is -2.05. The number of nitrogens with zero attached hydrogens (tertiary/aromatic N) is 7. The van der Waals surface area contributed by atoms with Crippen molar-refractivity contribution in [2.75, 3.05) is 0 Å². The van der Waals surface area contributed by atoms with Crippen molar-refractivity contribution in [3.63, 3.8) is 0 Å². The summed E-state index contributed by atoms with van der Waals surface area (Å²) in [5.74, 6) is 2.29. The van der Waals surface area contributed by atoms with E-state index in [-0.39, 0.29) is 0 Å². The zero-order valence-electron chi connectivity index (χ0n) is 16.8. The number of aryl methyl sites for hydroxylation is 3. The van der Waals surface area contributed by atoms with Crippen LogP contribution in [-0.2, 0) is 12.3 Å². The molecule has 0 bridgehead atoms. The molecule has 0 amide bonds. The Hall–Kier alpha value is -3.00. The van der Waals surface area contributed by atoms with Gasteiger partial charge in [0, 0.05) is 17.8 Å². The fraction of sp³-hybridized carbons (Fsp3) is 0.286. The summed E-state index contributed by atoms with van der Waals surface area (Å²) in [6.45, 7) is 7.08. The molecule has 4 aromatic rings. The van der Waals surface area contributed by atoms with Crippen LogP contribution in [0.25, 0.3) is 17.1 Å². The molecule has 2 aromatic carbocycles. The van der Waals surface area contributed by atoms with Gasteiger partial charge in [-0.05, 0) is 42.8 Å². The van der Waals surface area contributed by atoms with Gasteiger partial charge in [0.1, 0.15) is 0 Å². The molecule has 0 spiro atoms. The van der Waals surface area contributed by atoms with E-state index in [2.05, 4.69) is 99.6 Å². The summed E-state index contributed by atoms with van der Waals surface area (Å²) < 4.78 is 3.95. The van der Waals surface area contributed by atoms with Crippen molar-refractivity contribution in [1.82, 2.24) is 35.0 Å². The van der Waals surface area contributed by atoms with E-state index in [0.29, 0.717) is 5.75 Å². The summed E-state index contributed by atoms with van der Waals surface area (Å²) in [6.07, 6.45) is 0.986. The first kappa shape index (κ1) is 19.3. The predicted octanol–water partition coefficient (Wildman–Crippen LogP) is 4.24. The van der Waals surface area contributed by atoms with E-state index in [4.69, 9.17) is 0 Å². The third-order valence-electron chi connectivity index (χ3n) is 4.61. The molecule has 0 aliphatic heterocycles. The van der Waals surface area contributed by atoms with Crippen LogP contribution in [0.4, 0.5) is 0 Å². The molecule has 7 nitrogen and oxygen atoms in total. The molecule has 29 heavy (non-hydrogen) atoms. The van der Waals surface area contributed by atoms with Gasteiger partial charge < -0.3 is 0 Å². The quantitative estimate of drug-likeness (QED) is 0.428. The number of benzene rings is 2. The second kappa shape index (κ2) is 8.57. The molecule has 0 aliphatic carbocycles. The number of rotatable bonds is 7. The van der Waals surface area contributed by atoms with Gasteiger partial charge in [-0.15, -0.1) is 15.3 Å². The molecule has 148 valence electrons. The largest absolute Gasteiger partial charge is 0.270 e. The Labute approximate surface area is 174 Å². The second-order valence-corrected chi connectivity index (χ2v) is 7.89. The van der Waals surface area contributed by atoms with Crippen LogP contribution in [0.1, 0.15) is 30.3 Å². The lowest BCUT2D eigenvalue weighted by atomic mass is 10.1. The molecule has 4 rings (SSSR count). The minimum absolute atomic E-state index is 0.630. The highest BCUT2D eigenvalue weighted by molar-refractivity contribution is 7.98. The lowest BCUT2D eigenvalue weighted by Gasteiger charge is -2.11. The van der Waals surface area contributed by atoms with Gasteiger partial charge in [0.25, 0.3) is 0 Å². The van der Waals surface area contributed by atoms with Crippen LogP contribution in [0, 0.1) is 13.8 Å². The standard InChI is InChI=1S/C21H23N7S/c1-4-13-27-19(22-25-26-27)14-29-21-24-23-20(17-9-5-15(2)6-10-17)28(21)18-11-7-16(3)8-12-18/h5-12H,4,13-14H2,1-3H3. The molecule has 0 aliphatic rings. The van der Waals surface area contributed by atoms with Crippen molar-refractivity contribution >= 4 is 11.8 Å². The van der Waals surface area contributed by atoms with Crippen molar-refractivity contribution in [3.05, 3.63) is 65.5 Å². The van der Waals surface area contributed by atoms with Crippen LogP contribution >= 0.6 is 11.8 Å². The fourth-order valence-corrected chi connectivity index (χ4v) is 3.91. The monoisotopic (exact) mass is 405 g/mol. The normalized spacial score (nSPS) is 11.1. The molecule has 0 atom stereocenters. The van der Waals surface area contributed by atoms with E-state index in [1.807, 2.05) is 4.68 Å². The van der Waals surface area contributed by atoms with E-state index in [9.17, 15) is 0 Å². The summed E-state index contributed by atoms with van der Waals surface area (Å²) >= 11 is 1.59. The first-order chi connectivity index (χ1) is 14.2. The van der Waals surface area contributed by atoms with Gasteiger partial charge in [0.15, 0.2) is 16.8 Å². The second-order valence-electron chi connectivity index (χ2n) is 6.95. The highest BCUT2D eigenvalue weighted by Crippen LogP contribution is 2.29. The topological polar surface area (TPSA) is 74.3 Å². The first-order valence-electron chi connectivity index (χ1n) is 9.63. The molecule has 2 aromatic heterocycles. The highest BCUT2D eigenvalue weighted by Gasteiger charge is 2.17. The first-order valence-corrected chi connectivity index (χ1v) is 10.6. The van der Waals surface area contributed by atoms with E-state index < -0.39 is 0 Å². The summed E-state index contributed by atoms with van der Waals surface area (Å²) in [7, 11) is 0. The van der Waals surface area contributed by atoms with Crippen molar-refractivity contribution in [3.8, 4) is 17.1 Å². The van der Waals surface area contributed by atoms with Crippen molar-refractivity contribution in [2.24, 2.45) is 0 Å². The smallest absolute Gasteiger partial charge is 0.196 e. The Balaban J connectivity index is 1.70. The molecule has 0 saturated carbocycles.